The first-order chi connectivity index (χ1) is 13.0. The number of nitrogens with zero attached hydrogens (tertiary/aromatic N) is 2. The van der Waals surface area contributed by atoms with Gasteiger partial charge >= 0.3 is 0 Å². The van der Waals surface area contributed by atoms with Crippen LogP contribution in [0.1, 0.15) is 36.0 Å². The summed E-state index contributed by atoms with van der Waals surface area (Å²) in [5.74, 6) is -2.59. The third-order valence-corrected chi connectivity index (χ3v) is 5.12. The number of Topliss-reactive ketones (excluding diaryl/α,β-unsaturated/α-hetero) is 1. The molecule has 2 heterocycles. The van der Waals surface area contributed by atoms with Crippen molar-refractivity contribution in [3.63, 3.8) is 0 Å². The molecule has 0 saturated carbocycles. The number of hydrogen-bond donors (Lipinski definition) is 1. The molecule has 1 aromatic carbocycles. The Morgan fingerprint density at radius 2 is 1.93 bits per heavy atom. The summed E-state index contributed by atoms with van der Waals surface area (Å²) >= 11 is 0. The van der Waals surface area contributed by atoms with Crippen molar-refractivity contribution in [1.29, 1.82) is 0 Å². The number of rotatable bonds is 5. The Morgan fingerprint density at radius 3 is 2.64 bits per heavy atom. The topological polar surface area (TPSA) is 69.7 Å². The zero-order valence-corrected chi connectivity index (χ0v) is 16.3. The number of hydrogen-bond acceptors (Lipinski definition) is 4. The van der Waals surface area contributed by atoms with Crippen molar-refractivity contribution in [2.45, 2.75) is 31.7 Å². The van der Waals surface area contributed by atoms with Crippen LogP contribution in [0.3, 0.4) is 0 Å². The smallest absolute Gasteiger partial charge is 0.236 e. The number of carbonyl (C=O) groups excluding carboxylic acids is 3. The van der Waals surface area contributed by atoms with Crippen molar-refractivity contribution in [2.75, 3.05) is 32.7 Å². The second kappa shape index (κ2) is 9.93. The molecular weight excluding hydrogens is 392 g/mol. The second-order valence-corrected chi connectivity index (χ2v) is 6.95. The Labute approximate surface area is 168 Å². The van der Waals surface area contributed by atoms with E-state index in [1.54, 1.807) is 4.90 Å². The molecule has 1 unspecified atom stereocenters. The summed E-state index contributed by atoms with van der Waals surface area (Å²) in [5.41, 5.74) is 0.0598. The number of likely N-dealkylation sites (tertiary alicyclic amines) is 1. The molecule has 0 aromatic heterocycles. The number of ketones is 1. The molecule has 6 nitrogen and oxygen atoms in total. The molecule has 28 heavy (non-hydrogen) atoms. The Morgan fingerprint density at radius 1 is 1.14 bits per heavy atom. The molecule has 3 rings (SSSR count). The van der Waals surface area contributed by atoms with Crippen LogP contribution >= 0.6 is 12.4 Å². The molecule has 154 valence electrons. The fraction of sp³-hybridized carbons (Fsp3) is 0.526. The van der Waals surface area contributed by atoms with Gasteiger partial charge < -0.3 is 15.1 Å². The van der Waals surface area contributed by atoms with E-state index in [2.05, 4.69) is 5.32 Å². The number of amides is 2. The van der Waals surface area contributed by atoms with Gasteiger partial charge in [-0.3, -0.25) is 14.4 Å². The molecule has 2 saturated heterocycles. The highest BCUT2D eigenvalue weighted by Gasteiger charge is 2.31. The average Bonchev–Trinajstić information content (AvgIpc) is 2.68. The van der Waals surface area contributed by atoms with E-state index in [9.17, 15) is 23.2 Å². The van der Waals surface area contributed by atoms with Crippen molar-refractivity contribution in [3.8, 4) is 0 Å². The number of carbonyl (C=O) groups is 3. The van der Waals surface area contributed by atoms with Gasteiger partial charge in [0.15, 0.2) is 17.4 Å². The van der Waals surface area contributed by atoms with Crippen LogP contribution in [0.2, 0.25) is 0 Å². The Balaban J connectivity index is 0.00000280. The van der Waals surface area contributed by atoms with Gasteiger partial charge in [-0.1, -0.05) is 0 Å². The summed E-state index contributed by atoms with van der Waals surface area (Å²) in [7, 11) is 0. The molecule has 2 fully saturated rings. The molecule has 1 aromatic rings. The van der Waals surface area contributed by atoms with Gasteiger partial charge in [-0.2, -0.15) is 0 Å². The Kier molecular flexibility index (Phi) is 7.88. The summed E-state index contributed by atoms with van der Waals surface area (Å²) in [6.45, 7) is 2.80. The normalized spacial score (nSPS) is 19.9. The zero-order valence-electron chi connectivity index (χ0n) is 15.5. The predicted octanol–water partition coefficient (Wildman–Crippen LogP) is 1.77. The summed E-state index contributed by atoms with van der Waals surface area (Å²) < 4.78 is 26.2. The Hall–Kier alpha value is -2.06. The fourth-order valence-corrected chi connectivity index (χ4v) is 3.64. The maximum atomic E-state index is 13.2. The zero-order chi connectivity index (χ0) is 19.4. The predicted molar refractivity (Wildman–Crippen MR) is 101 cm³/mol. The van der Waals surface area contributed by atoms with Gasteiger partial charge in [-0.15, -0.1) is 12.4 Å². The summed E-state index contributed by atoms with van der Waals surface area (Å²) in [5, 5.41) is 3.03. The SMILES string of the molecule is Cl.O=C(CCC(=O)N1CCCC(N2CCNCC2=O)C1)c1ccc(F)c(F)c1. The van der Waals surface area contributed by atoms with Gasteiger partial charge in [0.25, 0.3) is 0 Å². The molecule has 9 heteroatoms. The summed E-state index contributed by atoms with van der Waals surface area (Å²) in [6, 6.07) is 3.00. The highest BCUT2D eigenvalue weighted by Crippen LogP contribution is 2.19. The van der Waals surface area contributed by atoms with E-state index in [0.717, 1.165) is 31.5 Å². The lowest BCUT2D eigenvalue weighted by Crippen LogP contribution is -2.57. The minimum absolute atomic E-state index is 0. The average molecular weight is 416 g/mol. The number of piperidine rings is 1. The largest absolute Gasteiger partial charge is 0.341 e. The van der Waals surface area contributed by atoms with Crippen molar-refractivity contribution in [2.24, 2.45) is 0 Å². The van der Waals surface area contributed by atoms with Crippen LogP contribution < -0.4 is 5.32 Å². The fourth-order valence-electron chi connectivity index (χ4n) is 3.64. The standard InChI is InChI=1S/C19H23F2N3O3.ClH/c20-15-4-3-13(10-16(15)21)17(25)5-6-18(26)23-8-1-2-14(12-23)24-9-7-22-11-19(24)27;/h3-4,10,14,22H,1-2,5-9,11-12H2;1H. The van der Waals surface area contributed by atoms with E-state index in [1.807, 2.05) is 4.90 Å². The first-order valence-corrected chi connectivity index (χ1v) is 9.22. The summed E-state index contributed by atoms with van der Waals surface area (Å²) in [4.78, 5) is 40.2. The first-order valence-electron chi connectivity index (χ1n) is 9.22. The molecular formula is C19H24ClF2N3O3. The van der Waals surface area contributed by atoms with E-state index in [-0.39, 0.29) is 48.7 Å². The van der Waals surface area contributed by atoms with Gasteiger partial charge in [0.2, 0.25) is 11.8 Å². The minimum Gasteiger partial charge on any atom is -0.341 e. The first kappa shape index (κ1) is 22.2. The Bertz CT molecular complexity index is 747. The summed E-state index contributed by atoms with van der Waals surface area (Å²) in [6.07, 6.45) is 1.63. The lowest BCUT2D eigenvalue weighted by Gasteiger charge is -2.41. The molecule has 2 aliphatic rings. The highest BCUT2D eigenvalue weighted by molar-refractivity contribution is 5.98. The van der Waals surface area contributed by atoms with Crippen molar-refractivity contribution in [1.82, 2.24) is 15.1 Å². The van der Waals surface area contributed by atoms with Crippen LogP contribution in [0.15, 0.2) is 18.2 Å². The van der Waals surface area contributed by atoms with Crippen molar-refractivity contribution >= 4 is 30.0 Å². The molecule has 1 N–H and O–H groups in total. The van der Waals surface area contributed by atoms with Crippen LogP contribution in [0.4, 0.5) is 8.78 Å². The van der Waals surface area contributed by atoms with Gasteiger partial charge in [-0.05, 0) is 31.0 Å². The molecule has 2 amide bonds. The van der Waals surface area contributed by atoms with Crippen LogP contribution in [-0.2, 0) is 9.59 Å². The minimum atomic E-state index is -1.08. The van der Waals surface area contributed by atoms with Crippen LogP contribution in [0, 0.1) is 11.6 Å². The maximum Gasteiger partial charge on any atom is 0.236 e. The molecule has 2 aliphatic heterocycles. The quantitative estimate of drug-likeness (QED) is 0.744. The van der Waals surface area contributed by atoms with Crippen LogP contribution in [-0.4, -0.2) is 66.2 Å². The van der Waals surface area contributed by atoms with Crippen molar-refractivity contribution < 1.29 is 23.2 Å². The monoisotopic (exact) mass is 415 g/mol. The maximum absolute atomic E-state index is 13.2. The highest BCUT2D eigenvalue weighted by atomic mass is 35.5. The third kappa shape index (κ3) is 5.26. The molecule has 0 radical (unpaired) electrons. The number of piperazine rings is 1. The lowest BCUT2D eigenvalue weighted by atomic mass is 10.0. The number of nitrogens with one attached hydrogen (secondary N) is 1. The van der Waals surface area contributed by atoms with E-state index in [1.165, 1.54) is 6.07 Å². The number of halogens is 3. The van der Waals surface area contributed by atoms with E-state index in [0.29, 0.717) is 26.2 Å². The molecule has 0 spiro atoms. The second-order valence-electron chi connectivity index (χ2n) is 6.95. The third-order valence-electron chi connectivity index (χ3n) is 5.12. The van der Waals surface area contributed by atoms with Gasteiger partial charge in [0.05, 0.1) is 6.54 Å². The molecule has 0 aliphatic carbocycles. The van der Waals surface area contributed by atoms with E-state index in [4.69, 9.17) is 0 Å². The lowest BCUT2D eigenvalue weighted by molar-refractivity contribution is -0.140. The van der Waals surface area contributed by atoms with Gasteiger partial charge in [-0.25, -0.2) is 8.78 Å². The van der Waals surface area contributed by atoms with Gasteiger partial charge in [0.1, 0.15) is 0 Å². The van der Waals surface area contributed by atoms with Gasteiger partial charge in [0, 0.05) is 50.6 Å². The van der Waals surface area contributed by atoms with Crippen LogP contribution in [0.25, 0.3) is 0 Å². The van der Waals surface area contributed by atoms with Crippen LogP contribution in [0.5, 0.6) is 0 Å². The number of benzene rings is 1. The van der Waals surface area contributed by atoms with E-state index >= 15 is 0 Å². The van der Waals surface area contributed by atoms with Crippen molar-refractivity contribution in [3.05, 3.63) is 35.4 Å². The molecule has 1 atom stereocenters. The van der Waals surface area contributed by atoms with E-state index < -0.39 is 17.4 Å². The molecule has 0 bridgehead atoms.